The van der Waals surface area contributed by atoms with Crippen LogP contribution in [0.2, 0.25) is 0 Å². The van der Waals surface area contributed by atoms with Crippen molar-refractivity contribution < 1.29 is 24.2 Å². The summed E-state index contributed by atoms with van der Waals surface area (Å²) in [6.45, 7) is 4.16. The van der Waals surface area contributed by atoms with Crippen LogP contribution in [-0.4, -0.2) is 65.7 Å². The number of hydrogen-bond acceptors (Lipinski definition) is 5. The lowest BCUT2D eigenvalue weighted by atomic mass is 9.81. The third-order valence-electron chi connectivity index (χ3n) is 7.45. The van der Waals surface area contributed by atoms with E-state index in [9.17, 15) is 19.5 Å². The molecular formula is C27H32N2O5S. The minimum atomic E-state index is -0.997. The molecule has 0 unspecified atom stereocenters. The smallest absolute Gasteiger partial charge is 0.407 e. The number of hydrogen-bond donors (Lipinski definition) is 2. The second-order valence-corrected chi connectivity index (χ2v) is 10.6. The summed E-state index contributed by atoms with van der Waals surface area (Å²) in [5, 5.41) is 12.4. The number of fused-ring (bicyclic) bond motifs is 3. The lowest BCUT2D eigenvalue weighted by Crippen LogP contribution is -2.49. The van der Waals surface area contributed by atoms with Gasteiger partial charge < -0.3 is 20.1 Å². The number of benzene rings is 2. The molecular weight excluding hydrogens is 464 g/mol. The molecule has 1 heterocycles. The molecule has 0 spiro atoms. The zero-order valence-corrected chi connectivity index (χ0v) is 21.1. The zero-order valence-electron chi connectivity index (χ0n) is 20.3. The molecule has 1 aliphatic heterocycles. The van der Waals surface area contributed by atoms with Gasteiger partial charge in [-0.1, -0.05) is 55.5 Å². The summed E-state index contributed by atoms with van der Waals surface area (Å²) in [4.78, 5) is 39.4. The van der Waals surface area contributed by atoms with Crippen LogP contribution in [0, 0.1) is 11.3 Å². The zero-order chi connectivity index (χ0) is 25.2. The second-order valence-electron chi connectivity index (χ2n) is 9.65. The topological polar surface area (TPSA) is 95.9 Å². The number of ether oxygens (including phenoxy) is 1. The number of nitrogens with zero attached hydrogens (tertiary/aromatic N) is 1. The number of rotatable bonds is 8. The highest BCUT2D eigenvalue weighted by molar-refractivity contribution is 7.98. The first-order chi connectivity index (χ1) is 16.8. The molecule has 35 heavy (non-hydrogen) atoms. The SMILES string of the molecule is CSCC[C@@H](NC(=O)OCC1c2ccccc2-c2ccccc21)C(=O)N1C[C@@H](C)[C@](C)(C(=O)O)C1. The standard InChI is InChI=1S/C27H32N2O5S/c1-17-14-29(16-27(17,2)25(31)32)24(30)23(12-13-35-3)28-26(33)34-15-22-20-10-6-4-8-18(20)19-9-5-7-11-21(19)22/h4-11,17,22-23H,12-16H2,1-3H3,(H,28,33)(H,31,32)/t17-,23-,27-/m1/s1. The number of aliphatic carboxylic acids is 1. The van der Waals surface area contributed by atoms with Gasteiger partial charge in [0.2, 0.25) is 5.91 Å². The van der Waals surface area contributed by atoms with Crippen molar-refractivity contribution in [3.63, 3.8) is 0 Å². The first kappa shape index (κ1) is 25.1. The van der Waals surface area contributed by atoms with Crippen molar-refractivity contribution in [1.82, 2.24) is 10.2 Å². The molecule has 1 aliphatic carbocycles. The van der Waals surface area contributed by atoms with Crippen LogP contribution in [0.5, 0.6) is 0 Å². The first-order valence-corrected chi connectivity index (χ1v) is 13.3. The Morgan fingerprint density at radius 2 is 1.74 bits per heavy atom. The van der Waals surface area contributed by atoms with Gasteiger partial charge in [-0.3, -0.25) is 9.59 Å². The Bertz CT molecular complexity index is 1080. The van der Waals surface area contributed by atoms with E-state index in [1.165, 1.54) is 0 Å². The molecule has 4 rings (SSSR count). The highest BCUT2D eigenvalue weighted by atomic mass is 32.2. The van der Waals surface area contributed by atoms with Gasteiger partial charge in [-0.15, -0.1) is 0 Å². The van der Waals surface area contributed by atoms with Gasteiger partial charge in [0.25, 0.3) is 0 Å². The second kappa shape index (κ2) is 10.3. The normalized spacial score (nSPS) is 21.8. The fraction of sp³-hybridized carbons (Fsp3) is 0.444. The number of nitrogens with one attached hydrogen (secondary N) is 1. The summed E-state index contributed by atoms with van der Waals surface area (Å²) in [5.41, 5.74) is 3.54. The Labute approximate surface area is 210 Å². The third-order valence-corrected chi connectivity index (χ3v) is 8.09. The van der Waals surface area contributed by atoms with Gasteiger partial charge in [-0.2, -0.15) is 11.8 Å². The van der Waals surface area contributed by atoms with Gasteiger partial charge in [0.15, 0.2) is 0 Å². The first-order valence-electron chi connectivity index (χ1n) is 11.9. The van der Waals surface area contributed by atoms with Gasteiger partial charge in [0, 0.05) is 19.0 Å². The highest BCUT2D eigenvalue weighted by Crippen LogP contribution is 2.44. The molecule has 2 amide bonds. The van der Waals surface area contributed by atoms with Gasteiger partial charge in [-0.25, -0.2) is 4.79 Å². The number of thioether (sulfide) groups is 1. The van der Waals surface area contributed by atoms with Gasteiger partial charge in [0.05, 0.1) is 5.41 Å². The van der Waals surface area contributed by atoms with E-state index in [1.807, 2.05) is 37.4 Å². The Kier molecular flexibility index (Phi) is 7.40. The number of amides is 2. The number of likely N-dealkylation sites (tertiary alicyclic amines) is 1. The quantitative estimate of drug-likeness (QED) is 0.568. The molecule has 3 atom stereocenters. The minimum Gasteiger partial charge on any atom is -0.481 e. The Hall–Kier alpha value is -3.00. The Morgan fingerprint density at radius 3 is 2.29 bits per heavy atom. The fourth-order valence-electron chi connectivity index (χ4n) is 5.09. The maximum Gasteiger partial charge on any atom is 0.407 e. The predicted molar refractivity (Wildman–Crippen MR) is 136 cm³/mol. The van der Waals surface area contributed by atoms with E-state index in [0.717, 1.165) is 22.3 Å². The molecule has 2 N–H and O–H groups in total. The molecule has 2 aromatic rings. The van der Waals surface area contributed by atoms with Crippen LogP contribution in [0.15, 0.2) is 48.5 Å². The van der Waals surface area contributed by atoms with Crippen molar-refractivity contribution in [3.8, 4) is 11.1 Å². The maximum absolute atomic E-state index is 13.3. The number of alkyl carbamates (subject to hydrolysis) is 1. The monoisotopic (exact) mass is 496 g/mol. The summed E-state index contributed by atoms with van der Waals surface area (Å²) >= 11 is 1.58. The molecule has 1 fully saturated rings. The summed E-state index contributed by atoms with van der Waals surface area (Å²) in [5.74, 6) is -0.738. The van der Waals surface area contributed by atoms with Gasteiger partial charge in [0.1, 0.15) is 12.6 Å². The number of carboxylic acid groups (broad SMARTS) is 1. The molecule has 186 valence electrons. The summed E-state index contributed by atoms with van der Waals surface area (Å²) in [6.07, 6.45) is 1.74. The molecule has 0 bridgehead atoms. The van der Waals surface area contributed by atoms with Crippen LogP contribution in [0.3, 0.4) is 0 Å². The van der Waals surface area contributed by atoms with Crippen molar-refractivity contribution in [3.05, 3.63) is 59.7 Å². The van der Waals surface area contributed by atoms with Gasteiger partial charge >= 0.3 is 12.1 Å². The van der Waals surface area contributed by atoms with Gasteiger partial charge in [-0.05, 0) is 53.5 Å². The van der Waals surface area contributed by atoms with E-state index in [2.05, 4.69) is 29.6 Å². The average Bonchev–Trinajstić information content (AvgIpc) is 3.34. The Morgan fingerprint density at radius 1 is 1.14 bits per heavy atom. The molecule has 0 saturated carbocycles. The molecule has 0 aromatic heterocycles. The summed E-state index contributed by atoms with van der Waals surface area (Å²) in [7, 11) is 0. The van der Waals surface area contributed by atoms with Crippen molar-refractivity contribution in [2.45, 2.75) is 32.2 Å². The molecule has 8 heteroatoms. The fourth-order valence-corrected chi connectivity index (χ4v) is 5.56. The van der Waals surface area contributed by atoms with Crippen LogP contribution < -0.4 is 5.32 Å². The van der Waals surface area contributed by atoms with Crippen molar-refractivity contribution in [1.29, 1.82) is 0 Å². The van der Waals surface area contributed by atoms with Crippen molar-refractivity contribution in [2.24, 2.45) is 11.3 Å². The van der Waals surface area contributed by atoms with Crippen LogP contribution in [0.4, 0.5) is 4.79 Å². The van der Waals surface area contributed by atoms with Crippen LogP contribution in [0.1, 0.15) is 37.3 Å². The van der Waals surface area contributed by atoms with Crippen LogP contribution in [0.25, 0.3) is 11.1 Å². The Balaban J connectivity index is 1.43. The summed E-state index contributed by atoms with van der Waals surface area (Å²) in [6, 6.07) is 15.5. The average molecular weight is 497 g/mol. The number of carboxylic acids is 1. The van der Waals surface area contributed by atoms with Crippen molar-refractivity contribution >= 4 is 29.7 Å². The lowest BCUT2D eigenvalue weighted by molar-refractivity contribution is -0.149. The minimum absolute atomic E-state index is 0.0656. The maximum atomic E-state index is 13.3. The van der Waals surface area contributed by atoms with E-state index in [1.54, 1.807) is 23.6 Å². The number of carbonyl (C=O) groups is 3. The molecule has 0 radical (unpaired) electrons. The van der Waals surface area contributed by atoms with E-state index >= 15 is 0 Å². The lowest BCUT2D eigenvalue weighted by Gasteiger charge is -2.26. The third kappa shape index (κ3) is 4.89. The highest BCUT2D eigenvalue weighted by Gasteiger charge is 2.48. The van der Waals surface area contributed by atoms with E-state index in [0.29, 0.717) is 18.7 Å². The van der Waals surface area contributed by atoms with E-state index in [4.69, 9.17) is 4.74 Å². The van der Waals surface area contributed by atoms with Crippen LogP contribution in [-0.2, 0) is 14.3 Å². The largest absolute Gasteiger partial charge is 0.481 e. The molecule has 1 saturated heterocycles. The molecule has 2 aliphatic rings. The predicted octanol–water partition coefficient (Wildman–Crippen LogP) is 4.22. The molecule has 2 aromatic carbocycles. The summed E-state index contributed by atoms with van der Waals surface area (Å²) < 4.78 is 5.64. The number of carbonyl (C=O) groups excluding carboxylic acids is 2. The molecule has 7 nitrogen and oxygen atoms in total. The van der Waals surface area contributed by atoms with E-state index < -0.39 is 23.5 Å². The van der Waals surface area contributed by atoms with Crippen molar-refractivity contribution in [2.75, 3.05) is 31.7 Å². The van der Waals surface area contributed by atoms with Crippen LogP contribution >= 0.6 is 11.8 Å². The van der Waals surface area contributed by atoms with E-state index in [-0.39, 0.29) is 30.9 Å².